The molecule has 10 nitrogen and oxygen atoms in total. The smallest absolute Gasteiger partial charge is 0.353 e. The highest BCUT2D eigenvalue weighted by atomic mass is 35.5. The van der Waals surface area contributed by atoms with E-state index in [1.54, 1.807) is 18.2 Å². The van der Waals surface area contributed by atoms with Crippen LogP contribution in [0.3, 0.4) is 0 Å². The molecule has 0 atom stereocenters. The third-order valence-corrected chi connectivity index (χ3v) is 6.06. The van der Waals surface area contributed by atoms with Gasteiger partial charge in [-0.15, -0.1) is 0 Å². The normalized spacial score (nSPS) is 15.4. The van der Waals surface area contributed by atoms with Gasteiger partial charge in [0, 0.05) is 48.5 Å². The molecule has 1 fully saturated rings. The Hall–Kier alpha value is -3.34. The Morgan fingerprint density at radius 3 is 2.47 bits per heavy atom. The van der Waals surface area contributed by atoms with Crippen LogP contribution in [0.5, 0.6) is 11.5 Å². The highest BCUT2D eigenvalue weighted by Crippen LogP contribution is 2.36. The molecule has 1 aromatic heterocycles. The number of hydrogen-bond acceptors (Lipinski definition) is 9. The number of nitrogens with one attached hydrogen (secondary N) is 1. The van der Waals surface area contributed by atoms with Gasteiger partial charge in [-0.2, -0.15) is 0 Å². The summed E-state index contributed by atoms with van der Waals surface area (Å²) in [5.74, 6) is 1.87. The molecule has 0 saturated carbocycles. The zero-order chi connectivity index (χ0) is 23.7. The largest absolute Gasteiger partial charge is 0.454 e. The summed E-state index contributed by atoms with van der Waals surface area (Å²) in [5, 5.41) is 15.8. The lowest BCUT2D eigenvalue weighted by molar-refractivity contribution is -0.383. The molecule has 34 heavy (non-hydrogen) atoms. The molecule has 1 N–H and O–H groups in total. The van der Waals surface area contributed by atoms with Crippen molar-refractivity contribution >= 4 is 46.2 Å². The van der Waals surface area contributed by atoms with Crippen molar-refractivity contribution in [2.75, 3.05) is 43.2 Å². The maximum Gasteiger partial charge on any atom is 0.353 e. The standard InChI is InChI=1S/C22H20Cl2N6O4/c23-15-8-16(24)10-17(9-15)27-21-20(30(31)32)22(26-12-25-21)29-5-3-28(4-6-29)11-14-1-2-18-19(7-14)34-13-33-18/h1-2,7-10,12H,3-6,11,13H2,(H,25,26,27). The van der Waals surface area contributed by atoms with E-state index in [4.69, 9.17) is 32.7 Å². The van der Waals surface area contributed by atoms with Crippen LogP contribution in [0.15, 0.2) is 42.7 Å². The van der Waals surface area contributed by atoms with Crippen molar-refractivity contribution < 1.29 is 14.4 Å². The molecule has 3 aromatic rings. The Morgan fingerprint density at radius 1 is 1.00 bits per heavy atom. The van der Waals surface area contributed by atoms with Crippen LogP contribution < -0.4 is 19.7 Å². The fourth-order valence-corrected chi connectivity index (χ4v) is 4.56. The molecule has 2 aromatic carbocycles. The molecule has 2 aliphatic heterocycles. The third kappa shape index (κ3) is 4.79. The second-order valence-corrected chi connectivity index (χ2v) is 8.76. The summed E-state index contributed by atoms with van der Waals surface area (Å²) >= 11 is 12.1. The van der Waals surface area contributed by atoms with Gasteiger partial charge in [0.05, 0.1) is 4.92 Å². The molecular formula is C22H20Cl2N6O4. The molecule has 2 aliphatic rings. The maximum atomic E-state index is 12.0. The van der Waals surface area contributed by atoms with E-state index in [1.807, 2.05) is 23.1 Å². The number of hydrogen-bond donors (Lipinski definition) is 1. The molecule has 5 rings (SSSR count). The Labute approximate surface area is 205 Å². The Bertz CT molecular complexity index is 1220. The predicted molar refractivity (Wildman–Crippen MR) is 128 cm³/mol. The molecule has 3 heterocycles. The summed E-state index contributed by atoms with van der Waals surface area (Å²) in [7, 11) is 0. The maximum absolute atomic E-state index is 12.0. The summed E-state index contributed by atoms with van der Waals surface area (Å²) < 4.78 is 10.8. The predicted octanol–water partition coefficient (Wildman–Crippen LogP) is 4.49. The fourth-order valence-electron chi connectivity index (χ4n) is 4.04. The lowest BCUT2D eigenvalue weighted by atomic mass is 10.1. The van der Waals surface area contributed by atoms with Crippen molar-refractivity contribution in [2.45, 2.75) is 6.54 Å². The van der Waals surface area contributed by atoms with Crippen LogP contribution in [0.4, 0.5) is 23.0 Å². The minimum Gasteiger partial charge on any atom is -0.454 e. The van der Waals surface area contributed by atoms with E-state index < -0.39 is 4.92 Å². The number of ether oxygens (including phenoxy) is 2. The van der Waals surface area contributed by atoms with Crippen LogP contribution in [-0.4, -0.2) is 52.8 Å². The Kier molecular flexibility index (Phi) is 6.27. The van der Waals surface area contributed by atoms with E-state index in [1.165, 1.54) is 6.33 Å². The van der Waals surface area contributed by atoms with Gasteiger partial charge in [0.2, 0.25) is 18.4 Å². The molecule has 0 aliphatic carbocycles. The zero-order valence-electron chi connectivity index (χ0n) is 17.9. The van der Waals surface area contributed by atoms with Gasteiger partial charge >= 0.3 is 5.69 Å². The highest BCUT2D eigenvalue weighted by molar-refractivity contribution is 6.35. The van der Waals surface area contributed by atoms with E-state index in [0.717, 1.165) is 36.7 Å². The summed E-state index contributed by atoms with van der Waals surface area (Å²) in [5.41, 5.74) is 1.43. The number of nitro groups is 1. The lowest BCUT2D eigenvalue weighted by Gasteiger charge is -2.35. The number of rotatable bonds is 6. The van der Waals surface area contributed by atoms with Crippen LogP contribution >= 0.6 is 23.2 Å². The average molecular weight is 503 g/mol. The van der Waals surface area contributed by atoms with Crippen molar-refractivity contribution in [2.24, 2.45) is 0 Å². The molecule has 176 valence electrons. The summed E-state index contributed by atoms with van der Waals surface area (Å²) in [6, 6.07) is 10.7. The summed E-state index contributed by atoms with van der Waals surface area (Å²) in [6.07, 6.45) is 1.32. The van der Waals surface area contributed by atoms with Crippen LogP contribution in [0.2, 0.25) is 10.0 Å². The van der Waals surface area contributed by atoms with Crippen molar-refractivity contribution in [3.8, 4) is 11.5 Å². The monoisotopic (exact) mass is 502 g/mol. The zero-order valence-corrected chi connectivity index (χ0v) is 19.4. The molecular weight excluding hydrogens is 483 g/mol. The SMILES string of the molecule is O=[N+]([O-])c1c(Nc2cc(Cl)cc(Cl)c2)ncnc1N1CCN(Cc2ccc3c(c2)OCO3)CC1. The van der Waals surface area contributed by atoms with Crippen molar-refractivity contribution in [1.82, 2.24) is 14.9 Å². The Morgan fingerprint density at radius 2 is 1.74 bits per heavy atom. The van der Waals surface area contributed by atoms with Crippen LogP contribution in [-0.2, 0) is 6.54 Å². The van der Waals surface area contributed by atoms with Crippen molar-refractivity contribution in [3.05, 3.63) is 68.4 Å². The minimum atomic E-state index is -0.469. The van der Waals surface area contributed by atoms with Gasteiger partial charge in [-0.1, -0.05) is 29.3 Å². The van der Waals surface area contributed by atoms with Crippen LogP contribution in [0.25, 0.3) is 0 Å². The third-order valence-electron chi connectivity index (χ3n) is 5.63. The van der Waals surface area contributed by atoms with E-state index in [2.05, 4.69) is 20.2 Å². The van der Waals surface area contributed by atoms with Gasteiger partial charge in [0.15, 0.2) is 11.5 Å². The fraction of sp³-hybridized carbons (Fsp3) is 0.273. The molecule has 0 unspecified atom stereocenters. The number of aromatic nitrogens is 2. The molecule has 0 radical (unpaired) electrons. The second kappa shape index (κ2) is 9.49. The Balaban J connectivity index is 1.30. The number of fused-ring (bicyclic) bond motifs is 1. The lowest BCUT2D eigenvalue weighted by Crippen LogP contribution is -2.46. The van der Waals surface area contributed by atoms with Gasteiger partial charge in [-0.05, 0) is 35.9 Å². The number of nitrogens with zero attached hydrogens (tertiary/aromatic N) is 5. The van der Waals surface area contributed by atoms with E-state index in [0.29, 0.717) is 28.8 Å². The number of halogens is 2. The van der Waals surface area contributed by atoms with Gasteiger partial charge in [-0.25, -0.2) is 9.97 Å². The topological polar surface area (TPSA) is 106 Å². The number of anilines is 3. The molecule has 0 bridgehead atoms. The molecule has 12 heteroatoms. The van der Waals surface area contributed by atoms with Crippen LogP contribution in [0, 0.1) is 10.1 Å². The number of benzene rings is 2. The minimum absolute atomic E-state index is 0.0797. The molecule has 1 saturated heterocycles. The first-order chi connectivity index (χ1) is 16.5. The highest BCUT2D eigenvalue weighted by Gasteiger charge is 2.29. The van der Waals surface area contributed by atoms with Crippen molar-refractivity contribution in [1.29, 1.82) is 0 Å². The van der Waals surface area contributed by atoms with Crippen molar-refractivity contribution in [3.63, 3.8) is 0 Å². The molecule has 0 amide bonds. The number of piperazine rings is 1. The van der Waals surface area contributed by atoms with E-state index in [-0.39, 0.29) is 24.1 Å². The van der Waals surface area contributed by atoms with Gasteiger partial charge in [0.1, 0.15) is 6.33 Å². The van der Waals surface area contributed by atoms with Gasteiger partial charge in [0.25, 0.3) is 0 Å². The van der Waals surface area contributed by atoms with E-state index >= 15 is 0 Å². The van der Waals surface area contributed by atoms with Crippen LogP contribution in [0.1, 0.15) is 5.56 Å². The first-order valence-electron chi connectivity index (χ1n) is 10.5. The summed E-state index contributed by atoms with van der Waals surface area (Å²) in [6.45, 7) is 3.62. The average Bonchev–Trinajstić information content (AvgIpc) is 3.26. The van der Waals surface area contributed by atoms with Gasteiger partial charge in [-0.3, -0.25) is 15.0 Å². The first-order valence-corrected chi connectivity index (χ1v) is 11.3. The van der Waals surface area contributed by atoms with Gasteiger partial charge < -0.3 is 19.7 Å². The second-order valence-electron chi connectivity index (χ2n) is 7.89. The molecule has 0 spiro atoms. The quantitative estimate of drug-likeness (QED) is 0.385. The summed E-state index contributed by atoms with van der Waals surface area (Å²) in [4.78, 5) is 24.0. The van der Waals surface area contributed by atoms with E-state index in [9.17, 15) is 10.1 Å². The first kappa shape index (κ1) is 22.5.